The van der Waals surface area contributed by atoms with Crippen molar-refractivity contribution in [2.75, 3.05) is 0 Å². The molecule has 0 aliphatic heterocycles. The highest BCUT2D eigenvalue weighted by atomic mass is 14.5. The Labute approximate surface area is 137 Å². The van der Waals surface area contributed by atoms with Crippen molar-refractivity contribution in [3.8, 4) is 0 Å². The molecule has 0 aromatic rings. The van der Waals surface area contributed by atoms with Gasteiger partial charge in [-0.1, -0.05) is 74.3 Å². The third kappa shape index (κ3) is 18.2. The molecule has 0 aliphatic rings. The zero-order chi connectivity index (χ0) is 16.3. The zero-order valence-corrected chi connectivity index (χ0v) is 14.2. The van der Waals surface area contributed by atoms with Gasteiger partial charge in [-0.3, -0.25) is 0 Å². The predicted octanol–water partition coefficient (Wildman–Crippen LogP) is 6.38. The number of rotatable bonds is 13. The molecule has 0 aromatic heterocycles. The van der Waals surface area contributed by atoms with Gasteiger partial charge in [0.2, 0.25) is 0 Å². The highest BCUT2D eigenvalue weighted by molar-refractivity contribution is 5.00. The second-order valence-corrected chi connectivity index (χ2v) is 5.26. The van der Waals surface area contributed by atoms with E-state index in [1.165, 1.54) is 0 Å². The molecule has 1 nitrogen and oxygen atoms in total. The SMILES string of the molecule is C=C(N)CCC/C=C\C/C=C\C/C=C\C/C=C\C/C=C\CC. The molecule has 0 amide bonds. The maximum atomic E-state index is 5.52. The summed E-state index contributed by atoms with van der Waals surface area (Å²) in [6.07, 6.45) is 30.5. The summed E-state index contributed by atoms with van der Waals surface area (Å²) in [6, 6.07) is 0. The number of allylic oxidation sites excluding steroid dienone is 11. The third-order valence-corrected chi connectivity index (χ3v) is 3.03. The van der Waals surface area contributed by atoms with E-state index >= 15 is 0 Å². The maximum Gasteiger partial charge on any atom is 0.000755 e. The molecule has 0 aliphatic carbocycles. The largest absolute Gasteiger partial charge is 0.403 e. The number of nitrogens with two attached hydrogens (primary N) is 1. The molecule has 0 saturated carbocycles. The average molecular weight is 300 g/mol. The molecule has 0 fully saturated rings. The molecule has 0 radical (unpaired) electrons. The third-order valence-electron chi connectivity index (χ3n) is 3.03. The van der Waals surface area contributed by atoms with E-state index in [2.05, 4.69) is 74.3 Å². The lowest BCUT2D eigenvalue weighted by Crippen LogP contribution is -1.92. The van der Waals surface area contributed by atoms with E-state index in [9.17, 15) is 0 Å². The standard InChI is InChI=1S/C21H33N/c1-3-4-5-6-7-8-9-10-11-12-13-14-15-16-17-18-19-20-21(2)22/h4-5,7-8,10-11,13-14,16-17H,2-3,6,9,12,15,18-20,22H2,1H3/b5-4-,8-7-,11-10-,14-13-,17-16-. The fraction of sp³-hybridized carbons (Fsp3) is 0.429. The van der Waals surface area contributed by atoms with Gasteiger partial charge < -0.3 is 5.73 Å². The van der Waals surface area contributed by atoms with E-state index in [1.807, 2.05) is 0 Å². The monoisotopic (exact) mass is 299 g/mol. The van der Waals surface area contributed by atoms with E-state index in [-0.39, 0.29) is 0 Å². The molecule has 0 bridgehead atoms. The van der Waals surface area contributed by atoms with Crippen molar-refractivity contribution in [1.82, 2.24) is 0 Å². The van der Waals surface area contributed by atoms with Crippen molar-refractivity contribution < 1.29 is 0 Å². The lowest BCUT2D eigenvalue weighted by atomic mass is 10.2. The Morgan fingerprint density at radius 1 is 0.727 bits per heavy atom. The normalized spacial score (nSPS) is 12.8. The minimum atomic E-state index is 0.785. The number of hydrogen-bond donors (Lipinski definition) is 1. The Balaban J connectivity index is 3.46. The Hall–Kier alpha value is -1.76. The highest BCUT2D eigenvalue weighted by Gasteiger charge is 1.84. The van der Waals surface area contributed by atoms with E-state index < -0.39 is 0 Å². The first-order valence-corrected chi connectivity index (χ1v) is 8.45. The van der Waals surface area contributed by atoms with Gasteiger partial charge in [-0.15, -0.1) is 0 Å². The van der Waals surface area contributed by atoms with Crippen molar-refractivity contribution >= 4 is 0 Å². The van der Waals surface area contributed by atoms with Crippen LogP contribution in [0.15, 0.2) is 73.0 Å². The van der Waals surface area contributed by atoms with Gasteiger partial charge in [0.05, 0.1) is 0 Å². The smallest absolute Gasteiger partial charge is 0.000755 e. The Kier molecular flexibility index (Phi) is 15.9. The Morgan fingerprint density at radius 2 is 1.14 bits per heavy atom. The fourth-order valence-corrected chi connectivity index (χ4v) is 1.82. The van der Waals surface area contributed by atoms with Crippen LogP contribution < -0.4 is 5.73 Å². The van der Waals surface area contributed by atoms with Gasteiger partial charge in [0.25, 0.3) is 0 Å². The summed E-state index contributed by atoms with van der Waals surface area (Å²) < 4.78 is 0. The van der Waals surface area contributed by atoms with Crippen LogP contribution in [0.1, 0.15) is 58.3 Å². The van der Waals surface area contributed by atoms with Gasteiger partial charge in [-0.25, -0.2) is 0 Å². The van der Waals surface area contributed by atoms with Crippen LogP contribution in [0.4, 0.5) is 0 Å². The average Bonchev–Trinajstić information content (AvgIpc) is 2.50. The van der Waals surface area contributed by atoms with Gasteiger partial charge in [-0.05, 0) is 51.4 Å². The number of unbranched alkanes of at least 4 members (excludes halogenated alkanes) is 1. The van der Waals surface area contributed by atoms with E-state index in [4.69, 9.17) is 5.73 Å². The summed E-state index contributed by atoms with van der Waals surface area (Å²) in [4.78, 5) is 0. The van der Waals surface area contributed by atoms with E-state index in [0.717, 1.165) is 57.1 Å². The lowest BCUT2D eigenvalue weighted by molar-refractivity contribution is 0.825. The topological polar surface area (TPSA) is 26.0 Å². The zero-order valence-electron chi connectivity index (χ0n) is 14.2. The molecule has 0 aromatic carbocycles. The molecular formula is C21H33N. The summed E-state index contributed by atoms with van der Waals surface area (Å²) in [5, 5.41) is 0. The van der Waals surface area contributed by atoms with Gasteiger partial charge in [-0.2, -0.15) is 0 Å². The van der Waals surface area contributed by atoms with Crippen LogP contribution in [-0.4, -0.2) is 0 Å². The maximum absolute atomic E-state index is 5.52. The van der Waals surface area contributed by atoms with Gasteiger partial charge in [0, 0.05) is 5.70 Å². The first-order chi connectivity index (χ1) is 10.8. The second-order valence-electron chi connectivity index (χ2n) is 5.26. The van der Waals surface area contributed by atoms with Gasteiger partial charge >= 0.3 is 0 Å². The van der Waals surface area contributed by atoms with Crippen LogP contribution >= 0.6 is 0 Å². The van der Waals surface area contributed by atoms with Crippen molar-refractivity contribution in [3.05, 3.63) is 73.0 Å². The molecular weight excluding hydrogens is 266 g/mol. The van der Waals surface area contributed by atoms with Crippen LogP contribution in [0.25, 0.3) is 0 Å². The van der Waals surface area contributed by atoms with Crippen molar-refractivity contribution in [1.29, 1.82) is 0 Å². The molecule has 122 valence electrons. The summed E-state index contributed by atoms with van der Waals surface area (Å²) in [6.45, 7) is 5.85. The van der Waals surface area contributed by atoms with Gasteiger partial charge in [0.15, 0.2) is 0 Å². The molecule has 22 heavy (non-hydrogen) atoms. The van der Waals surface area contributed by atoms with Crippen molar-refractivity contribution in [2.45, 2.75) is 58.3 Å². The number of hydrogen-bond acceptors (Lipinski definition) is 1. The Morgan fingerprint density at radius 3 is 1.55 bits per heavy atom. The summed E-state index contributed by atoms with van der Waals surface area (Å²) in [7, 11) is 0. The van der Waals surface area contributed by atoms with E-state index in [1.54, 1.807) is 0 Å². The molecule has 0 spiro atoms. The Bertz CT molecular complexity index is 394. The summed E-state index contributed by atoms with van der Waals surface area (Å²) >= 11 is 0. The van der Waals surface area contributed by atoms with Crippen LogP contribution in [0.2, 0.25) is 0 Å². The molecule has 0 heterocycles. The highest BCUT2D eigenvalue weighted by Crippen LogP contribution is 2.01. The molecule has 0 saturated heterocycles. The molecule has 0 rings (SSSR count). The minimum absolute atomic E-state index is 0.785. The molecule has 2 N–H and O–H groups in total. The van der Waals surface area contributed by atoms with Crippen LogP contribution in [0.3, 0.4) is 0 Å². The molecule has 0 unspecified atom stereocenters. The first-order valence-electron chi connectivity index (χ1n) is 8.45. The van der Waals surface area contributed by atoms with Crippen molar-refractivity contribution in [3.63, 3.8) is 0 Å². The van der Waals surface area contributed by atoms with Crippen LogP contribution in [-0.2, 0) is 0 Å². The van der Waals surface area contributed by atoms with E-state index in [0.29, 0.717) is 0 Å². The van der Waals surface area contributed by atoms with Crippen LogP contribution in [0, 0.1) is 0 Å². The summed E-state index contributed by atoms with van der Waals surface area (Å²) in [5.41, 5.74) is 6.30. The fourth-order valence-electron chi connectivity index (χ4n) is 1.82. The first kappa shape index (κ1) is 20.2. The molecule has 0 atom stereocenters. The van der Waals surface area contributed by atoms with Crippen molar-refractivity contribution in [2.24, 2.45) is 5.73 Å². The quantitative estimate of drug-likeness (QED) is 0.310. The molecule has 1 heteroatoms. The lowest BCUT2D eigenvalue weighted by Gasteiger charge is -1.94. The minimum Gasteiger partial charge on any atom is -0.403 e. The summed E-state index contributed by atoms with van der Waals surface area (Å²) in [5.74, 6) is 0. The van der Waals surface area contributed by atoms with Gasteiger partial charge in [0.1, 0.15) is 0 Å². The second kappa shape index (κ2) is 17.3. The van der Waals surface area contributed by atoms with Crippen LogP contribution in [0.5, 0.6) is 0 Å². The predicted molar refractivity (Wildman–Crippen MR) is 102 cm³/mol.